The number of rotatable bonds is 8. The van der Waals surface area contributed by atoms with Crippen LogP contribution in [0.25, 0.3) is 16.6 Å². The van der Waals surface area contributed by atoms with Gasteiger partial charge in [0.15, 0.2) is 11.2 Å². The van der Waals surface area contributed by atoms with Crippen molar-refractivity contribution in [2.24, 2.45) is 0 Å². The molecule has 2 N–H and O–H groups in total. The highest BCUT2D eigenvalue weighted by atomic mass is 32.2. The third-order valence-corrected chi connectivity index (χ3v) is 7.60. The van der Waals surface area contributed by atoms with Crippen molar-refractivity contribution in [2.45, 2.75) is 34.6 Å². The van der Waals surface area contributed by atoms with Crippen molar-refractivity contribution in [1.82, 2.24) is 9.88 Å². The van der Waals surface area contributed by atoms with Crippen molar-refractivity contribution in [3.05, 3.63) is 93.0 Å². The molecule has 1 amide bonds. The highest BCUT2D eigenvalue weighted by Crippen LogP contribution is 2.36. The van der Waals surface area contributed by atoms with Gasteiger partial charge in [-0.2, -0.15) is 0 Å². The molecular formula is C29H30FN3O5S. The Balaban J connectivity index is 1.98. The zero-order chi connectivity index (χ0) is 28.5. The molecule has 10 heteroatoms. The van der Waals surface area contributed by atoms with Gasteiger partial charge in [0.05, 0.1) is 22.6 Å². The summed E-state index contributed by atoms with van der Waals surface area (Å²) in [6, 6.07) is 12.4. The van der Waals surface area contributed by atoms with E-state index in [1.165, 1.54) is 19.1 Å². The Morgan fingerprint density at radius 3 is 2.31 bits per heavy atom. The number of anilines is 1. The zero-order valence-electron chi connectivity index (χ0n) is 22.4. The minimum Gasteiger partial charge on any atom is -0.455 e. The van der Waals surface area contributed by atoms with Crippen LogP contribution in [0, 0.1) is 26.6 Å². The Bertz CT molecular complexity index is 1740. The molecule has 0 radical (unpaired) electrons. The second-order valence-corrected chi connectivity index (χ2v) is 11.3. The van der Waals surface area contributed by atoms with E-state index in [2.05, 4.69) is 10.0 Å². The van der Waals surface area contributed by atoms with Crippen molar-refractivity contribution in [3.63, 3.8) is 0 Å². The van der Waals surface area contributed by atoms with E-state index in [4.69, 9.17) is 4.74 Å². The molecule has 0 aliphatic heterocycles. The Hall–Kier alpha value is -4.18. The first kappa shape index (κ1) is 27.8. The maximum Gasteiger partial charge on any atom is 0.251 e. The number of halogens is 1. The van der Waals surface area contributed by atoms with Gasteiger partial charge in [-0.25, -0.2) is 12.8 Å². The van der Waals surface area contributed by atoms with Gasteiger partial charge in [-0.15, -0.1) is 0 Å². The van der Waals surface area contributed by atoms with E-state index in [-0.39, 0.29) is 22.9 Å². The SMILES string of the molecule is CCNC(=O)c1ccc2c(c1)c(=O)c(C)cn2-c1cc(NS(=O)(=O)CC)ccc1Oc1c(C)cc(F)cc1C. The molecule has 0 unspecified atom stereocenters. The molecule has 1 heterocycles. The summed E-state index contributed by atoms with van der Waals surface area (Å²) in [6.07, 6.45) is 1.64. The first-order valence-electron chi connectivity index (χ1n) is 12.5. The van der Waals surface area contributed by atoms with Gasteiger partial charge in [-0.05, 0) is 94.3 Å². The van der Waals surface area contributed by atoms with Crippen molar-refractivity contribution in [2.75, 3.05) is 17.0 Å². The fourth-order valence-corrected chi connectivity index (χ4v) is 4.97. The molecule has 0 fully saturated rings. The quantitative estimate of drug-likeness (QED) is 0.307. The molecule has 8 nitrogen and oxygen atoms in total. The van der Waals surface area contributed by atoms with Crippen LogP contribution in [-0.4, -0.2) is 31.2 Å². The maximum absolute atomic E-state index is 13.9. The van der Waals surface area contributed by atoms with Crippen LogP contribution in [0.1, 0.15) is 40.9 Å². The van der Waals surface area contributed by atoms with Gasteiger partial charge in [0, 0.05) is 29.3 Å². The number of sulfonamides is 1. The second-order valence-electron chi connectivity index (χ2n) is 9.26. The number of aromatic nitrogens is 1. The third kappa shape index (κ3) is 5.80. The van der Waals surface area contributed by atoms with Crippen molar-refractivity contribution in [1.29, 1.82) is 0 Å². The number of pyridine rings is 1. The lowest BCUT2D eigenvalue weighted by molar-refractivity contribution is 0.0956. The minimum absolute atomic E-state index is 0.114. The summed E-state index contributed by atoms with van der Waals surface area (Å²) in [6.45, 7) is 8.91. The third-order valence-electron chi connectivity index (χ3n) is 6.29. The summed E-state index contributed by atoms with van der Waals surface area (Å²) < 4.78 is 49.1. The Morgan fingerprint density at radius 1 is 0.974 bits per heavy atom. The lowest BCUT2D eigenvalue weighted by Gasteiger charge is -2.20. The highest BCUT2D eigenvalue weighted by molar-refractivity contribution is 7.92. The largest absolute Gasteiger partial charge is 0.455 e. The standard InChI is InChI=1S/C29H30FN3O5S/c1-6-31-29(35)20-8-10-24-23(14-20)27(34)19(5)16-33(24)25-15-22(32-39(36,37)7-2)9-11-26(25)38-28-17(3)12-21(30)13-18(28)4/h8-16,32H,6-7H2,1-5H3,(H,31,35). The molecule has 4 aromatic rings. The van der Waals surface area contributed by atoms with E-state index < -0.39 is 10.0 Å². The van der Waals surface area contributed by atoms with Crippen LogP contribution in [0.4, 0.5) is 10.1 Å². The molecular weight excluding hydrogens is 521 g/mol. The number of ether oxygens (including phenoxy) is 1. The monoisotopic (exact) mass is 551 g/mol. The first-order valence-corrected chi connectivity index (χ1v) is 14.1. The predicted molar refractivity (Wildman–Crippen MR) is 151 cm³/mol. The average Bonchev–Trinajstić information content (AvgIpc) is 2.88. The minimum atomic E-state index is -3.58. The lowest BCUT2D eigenvalue weighted by atomic mass is 10.1. The van der Waals surface area contributed by atoms with Crippen LogP contribution in [0.15, 0.2) is 59.5 Å². The molecule has 0 aliphatic rings. The summed E-state index contributed by atoms with van der Waals surface area (Å²) in [5.41, 5.74) is 2.92. The Morgan fingerprint density at radius 2 is 1.67 bits per heavy atom. The van der Waals surface area contributed by atoms with Gasteiger partial charge in [0.25, 0.3) is 5.91 Å². The van der Waals surface area contributed by atoms with E-state index in [1.54, 1.807) is 67.9 Å². The number of hydrogen-bond acceptors (Lipinski definition) is 5. The predicted octanol–water partition coefficient (Wildman–Crippen LogP) is 5.36. The molecule has 1 aromatic heterocycles. The number of aryl methyl sites for hydroxylation is 3. The number of benzene rings is 3. The summed E-state index contributed by atoms with van der Waals surface area (Å²) >= 11 is 0. The van der Waals surface area contributed by atoms with Gasteiger partial charge in [-0.3, -0.25) is 14.3 Å². The van der Waals surface area contributed by atoms with Crippen LogP contribution >= 0.6 is 0 Å². The number of carbonyl (C=O) groups is 1. The van der Waals surface area contributed by atoms with Crippen LogP contribution in [0.5, 0.6) is 11.5 Å². The number of nitrogens with one attached hydrogen (secondary N) is 2. The Kier molecular flexibility index (Phi) is 7.78. The topological polar surface area (TPSA) is 107 Å². The molecule has 0 atom stereocenters. The zero-order valence-corrected chi connectivity index (χ0v) is 23.2. The van der Waals surface area contributed by atoms with Crippen LogP contribution in [-0.2, 0) is 10.0 Å². The summed E-state index contributed by atoms with van der Waals surface area (Å²) in [5.74, 6) is 0.0162. The first-order chi connectivity index (χ1) is 18.4. The normalized spacial score (nSPS) is 11.4. The number of hydrogen-bond donors (Lipinski definition) is 2. The molecule has 4 rings (SSSR count). The van der Waals surface area contributed by atoms with Crippen molar-refractivity contribution < 1.29 is 22.3 Å². The molecule has 3 aromatic carbocycles. The van der Waals surface area contributed by atoms with E-state index in [0.29, 0.717) is 62.6 Å². The molecule has 0 bridgehead atoms. The number of amides is 1. The van der Waals surface area contributed by atoms with Crippen molar-refractivity contribution >= 4 is 32.5 Å². The fourth-order valence-electron chi connectivity index (χ4n) is 4.34. The van der Waals surface area contributed by atoms with Crippen LogP contribution in [0.2, 0.25) is 0 Å². The van der Waals surface area contributed by atoms with Crippen molar-refractivity contribution in [3.8, 4) is 17.2 Å². The number of fused-ring (bicyclic) bond motifs is 1. The molecule has 0 saturated heterocycles. The van der Waals surface area contributed by atoms with E-state index >= 15 is 0 Å². The molecule has 39 heavy (non-hydrogen) atoms. The van der Waals surface area contributed by atoms with E-state index in [1.807, 2.05) is 6.92 Å². The van der Waals surface area contributed by atoms with Gasteiger partial charge >= 0.3 is 0 Å². The van der Waals surface area contributed by atoms with Crippen LogP contribution in [0.3, 0.4) is 0 Å². The van der Waals surface area contributed by atoms with Gasteiger partial charge < -0.3 is 14.6 Å². The Labute approximate surface area is 226 Å². The molecule has 0 aliphatic carbocycles. The molecule has 204 valence electrons. The second kappa shape index (κ2) is 10.9. The summed E-state index contributed by atoms with van der Waals surface area (Å²) in [4.78, 5) is 25.6. The summed E-state index contributed by atoms with van der Waals surface area (Å²) in [7, 11) is -3.58. The highest BCUT2D eigenvalue weighted by Gasteiger charge is 2.18. The van der Waals surface area contributed by atoms with Gasteiger partial charge in [-0.1, -0.05) is 0 Å². The maximum atomic E-state index is 13.9. The summed E-state index contributed by atoms with van der Waals surface area (Å²) in [5, 5.41) is 3.05. The average molecular weight is 552 g/mol. The van der Waals surface area contributed by atoms with E-state index in [9.17, 15) is 22.4 Å². The number of carbonyl (C=O) groups excluding carboxylic acids is 1. The number of nitrogens with zero attached hydrogens (tertiary/aromatic N) is 1. The molecule has 0 spiro atoms. The van der Waals surface area contributed by atoms with Gasteiger partial charge in [0.2, 0.25) is 10.0 Å². The fraction of sp³-hybridized carbons (Fsp3) is 0.241. The molecule has 0 saturated carbocycles. The van der Waals surface area contributed by atoms with Gasteiger partial charge in [0.1, 0.15) is 11.6 Å². The lowest BCUT2D eigenvalue weighted by Crippen LogP contribution is -2.23. The smallest absolute Gasteiger partial charge is 0.251 e. The van der Waals surface area contributed by atoms with E-state index in [0.717, 1.165) is 0 Å². The van der Waals surface area contributed by atoms with Crippen LogP contribution < -0.4 is 20.2 Å².